The Morgan fingerprint density at radius 3 is 2.37 bits per heavy atom. The lowest BCUT2D eigenvalue weighted by atomic mass is 10.0. The predicted molar refractivity (Wildman–Crippen MR) is 165 cm³/mol. The van der Waals surface area contributed by atoms with Gasteiger partial charge in [0.05, 0.1) is 5.69 Å². The van der Waals surface area contributed by atoms with Crippen molar-refractivity contribution in [3.63, 3.8) is 0 Å². The van der Waals surface area contributed by atoms with Crippen molar-refractivity contribution in [2.75, 3.05) is 11.4 Å². The summed E-state index contributed by atoms with van der Waals surface area (Å²) in [7, 11) is 0. The minimum atomic E-state index is -0.736. The molecule has 0 aromatic heterocycles. The molecule has 0 saturated heterocycles. The van der Waals surface area contributed by atoms with Gasteiger partial charge < -0.3 is 10.2 Å². The van der Waals surface area contributed by atoms with Gasteiger partial charge in [-0.1, -0.05) is 95.5 Å². The SMILES string of the molecule is O=C(NC1CCCC1)[C@H](Cc1ccccc1)N(Cc1cccc(Br)c1)C(=O)CN1C(=O)c2cccc3cccc1c23. The fourth-order valence-electron chi connectivity index (χ4n) is 6.12. The van der Waals surface area contributed by atoms with Gasteiger partial charge in [-0.2, -0.15) is 0 Å². The standard InChI is InChI=1S/C34H32BrN3O3/c35-26-14-6-11-24(19-26)21-37(30(20-23-9-2-1-3-10-23)33(40)36-27-15-4-5-16-27)31(39)22-38-29-18-8-13-25-12-7-17-28(32(25)29)34(38)41/h1-3,6-14,17-19,27,30H,4-5,15-16,20-22H2,(H,36,40)/t30-/m0/s1. The van der Waals surface area contributed by atoms with Gasteiger partial charge in [0, 0.05) is 34.4 Å². The van der Waals surface area contributed by atoms with Crippen molar-refractivity contribution in [2.24, 2.45) is 0 Å². The number of rotatable bonds is 9. The van der Waals surface area contributed by atoms with E-state index in [1.165, 1.54) is 0 Å². The fraction of sp³-hybridized carbons (Fsp3) is 0.265. The highest BCUT2D eigenvalue weighted by molar-refractivity contribution is 9.10. The normalized spacial score (nSPS) is 15.3. The van der Waals surface area contributed by atoms with E-state index in [1.54, 1.807) is 9.80 Å². The van der Waals surface area contributed by atoms with Crippen LogP contribution in [-0.4, -0.2) is 41.2 Å². The van der Waals surface area contributed by atoms with E-state index in [2.05, 4.69) is 21.2 Å². The molecule has 4 aromatic rings. The summed E-state index contributed by atoms with van der Waals surface area (Å²) < 4.78 is 0.897. The van der Waals surface area contributed by atoms with E-state index in [1.807, 2.05) is 91.0 Å². The summed E-state index contributed by atoms with van der Waals surface area (Å²) in [6.07, 6.45) is 4.47. The van der Waals surface area contributed by atoms with Crippen molar-refractivity contribution >= 4 is 50.1 Å². The van der Waals surface area contributed by atoms with Crippen LogP contribution in [0.5, 0.6) is 0 Å². The number of nitrogens with zero attached hydrogens (tertiary/aromatic N) is 2. The van der Waals surface area contributed by atoms with E-state index in [0.29, 0.717) is 12.0 Å². The Labute approximate surface area is 248 Å². The molecular formula is C34H32BrN3O3. The van der Waals surface area contributed by atoms with Crippen LogP contribution in [0.3, 0.4) is 0 Å². The molecule has 1 aliphatic carbocycles. The topological polar surface area (TPSA) is 69.7 Å². The Morgan fingerprint density at radius 2 is 1.61 bits per heavy atom. The fourth-order valence-corrected chi connectivity index (χ4v) is 6.56. The van der Waals surface area contributed by atoms with Crippen LogP contribution in [0.15, 0.2) is 95.5 Å². The van der Waals surface area contributed by atoms with Crippen LogP contribution in [0.1, 0.15) is 47.2 Å². The third-order valence-corrected chi connectivity index (χ3v) is 8.65. The number of amides is 3. The Kier molecular flexibility index (Phi) is 7.88. The highest BCUT2D eigenvalue weighted by Crippen LogP contribution is 2.37. The zero-order valence-corrected chi connectivity index (χ0v) is 24.3. The highest BCUT2D eigenvalue weighted by atomic mass is 79.9. The summed E-state index contributed by atoms with van der Waals surface area (Å²) in [5, 5.41) is 5.07. The molecule has 1 atom stereocenters. The first kappa shape index (κ1) is 27.2. The van der Waals surface area contributed by atoms with Crippen LogP contribution >= 0.6 is 15.9 Å². The van der Waals surface area contributed by atoms with E-state index in [0.717, 1.165) is 57.7 Å². The molecule has 0 unspecified atom stereocenters. The van der Waals surface area contributed by atoms with Crippen LogP contribution in [0.4, 0.5) is 5.69 Å². The maximum atomic E-state index is 14.3. The molecule has 1 saturated carbocycles. The molecule has 1 fully saturated rings. The van der Waals surface area contributed by atoms with Crippen LogP contribution in [-0.2, 0) is 22.6 Å². The zero-order valence-electron chi connectivity index (χ0n) is 22.8. The summed E-state index contributed by atoms with van der Waals surface area (Å²) in [5.74, 6) is -0.615. The Bertz CT molecular complexity index is 1590. The first-order valence-corrected chi connectivity index (χ1v) is 15.0. The molecule has 6 rings (SSSR count). The molecule has 0 radical (unpaired) electrons. The molecule has 2 aliphatic rings. The number of halogens is 1. The van der Waals surface area contributed by atoms with Gasteiger partial charge in [0.1, 0.15) is 12.6 Å². The minimum absolute atomic E-state index is 0.121. The largest absolute Gasteiger partial charge is 0.352 e. The van der Waals surface area contributed by atoms with Gasteiger partial charge in [-0.15, -0.1) is 0 Å². The van der Waals surface area contributed by atoms with Crippen molar-refractivity contribution in [2.45, 2.75) is 50.7 Å². The first-order valence-electron chi connectivity index (χ1n) is 14.2. The summed E-state index contributed by atoms with van der Waals surface area (Å²) in [5.41, 5.74) is 3.20. The van der Waals surface area contributed by atoms with E-state index >= 15 is 0 Å². The van der Waals surface area contributed by atoms with Crippen molar-refractivity contribution in [1.29, 1.82) is 0 Å². The number of benzene rings is 4. The molecule has 3 amide bonds. The maximum Gasteiger partial charge on any atom is 0.259 e. The summed E-state index contributed by atoms with van der Waals surface area (Å²) in [6, 6.07) is 28.4. The average Bonchev–Trinajstić information content (AvgIpc) is 3.59. The van der Waals surface area contributed by atoms with Crippen LogP contribution < -0.4 is 10.2 Å². The van der Waals surface area contributed by atoms with Gasteiger partial charge in [-0.05, 0) is 53.6 Å². The number of anilines is 1. The lowest BCUT2D eigenvalue weighted by Crippen LogP contribution is -2.54. The second-order valence-corrected chi connectivity index (χ2v) is 11.8. The quantitative estimate of drug-likeness (QED) is 0.243. The Hall–Kier alpha value is -3.97. The van der Waals surface area contributed by atoms with Crippen LogP contribution in [0.2, 0.25) is 0 Å². The molecule has 0 bridgehead atoms. The third-order valence-electron chi connectivity index (χ3n) is 8.16. The molecule has 1 aliphatic heterocycles. The summed E-state index contributed by atoms with van der Waals surface area (Å²) in [6.45, 7) is 0.0929. The second-order valence-electron chi connectivity index (χ2n) is 10.9. The van der Waals surface area contributed by atoms with Gasteiger partial charge in [0.15, 0.2) is 0 Å². The Balaban J connectivity index is 1.35. The molecule has 208 valence electrons. The number of nitrogens with one attached hydrogen (secondary N) is 1. The van der Waals surface area contributed by atoms with E-state index in [9.17, 15) is 14.4 Å². The number of hydrogen-bond donors (Lipinski definition) is 1. The summed E-state index contributed by atoms with van der Waals surface area (Å²) >= 11 is 3.54. The molecule has 4 aromatic carbocycles. The smallest absolute Gasteiger partial charge is 0.259 e. The molecule has 41 heavy (non-hydrogen) atoms. The Morgan fingerprint density at radius 1 is 0.902 bits per heavy atom. The van der Waals surface area contributed by atoms with Crippen molar-refractivity contribution in [3.05, 3.63) is 112 Å². The molecule has 7 heteroatoms. The molecule has 1 N–H and O–H groups in total. The van der Waals surface area contributed by atoms with Crippen molar-refractivity contribution < 1.29 is 14.4 Å². The molecule has 6 nitrogen and oxygen atoms in total. The van der Waals surface area contributed by atoms with Gasteiger partial charge in [-0.25, -0.2) is 0 Å². The first-order chi connectivity index (χ1) is 20.0. The highest BCUT2D eigenvalue weighted by Gasteiger charge is 2.36. The molecular weight excluding hydrogens is 578 g/mol. The lowest BCUT2D eigenvalue weighted by Gasteiger charge is -2.33. The summed E-state index contributed by atoms with van der Waals surface area (Å²) in [4.78, 5) is 45.0. The molecule has 0 spiro atoms. The lowest BCUT2D eigenvalue weighted by molar-refractivity contribution is -0.140. The third kappa shape index (κ3) is 5.77. The van der Waals surface area contributed by atoms with Gasteiger partial charge in [-0.3, -0.25) is 19.3 Å². The van der Waals surface area contributed by atoms with E-state index in [4.69, 9.17) is 0 Å². The van der Waals surface area contributed by atoms with E-state index in [-0.39, 0.29) is 36.9 Å². The van der Waals surface area contributed by atoms with Gasteiger partial charge >= 0.3 is 0 Å². The van der Waals surface area contributed by atoms with Crippen molar-refractivity contribution in [3.8, 4) is 0 Å². The van der Waals surface area contributed by atoms with Gasteiger partial charge in [0.2, 0.25) is 11.8 Å². The zero-order chi connectivity index (χ0) is 28.3. The number of hydrogen-bond acceptors (Lipinski definition) is 3. The van der Waals surface area contributed by atoms with Crippen LogP contribution in [0, 0.1) is 0 Å². The predicted octanol–water partition coefficient (Wildman–Crippen LogP) is 6.26. The van der Waals surface area contributed by atoms with Crippen LogP contribution in [0.25, 0.3) is 10.8 Å². The molecule has 1 heterocycles. The van der Waals surface area contributed by atoms with E-state index < -0.39 is 6.04 Å². The second kappa shape index (κ2) is 11.9. The maximum absolute atomic E-state index is 14.3. The minimum Gasteiger partial charge on any atom is -0.352 e. The number of carbonyl (C=O) groups excluding carboxylic acids is 3. The van der Waals surface area contributed by atoms with Crippen molar-refractivity contribution in [1.82, 2.24) is 10.2 Å². The van der Waals surface area contributed by atoms with Gasteiger partial charge in [0.25, 0.3) is 5.91 Å². The average molecular weight is 611 g/mol. The monoisotopic (exact) mass is 609 g/mol. The number of carbonyl (C=O) groups is 3.